The smallest absolute Gasteiger partial charge is 0.264 e. The molecule has 0 unspecified atom stereocenters. The molecule has 4 nitrogen and oxygen atoms in total. The predicted octanol–water partition coefficient (Wildman–Crippen LogP) is 1.29. The molecule has 1 N–H and O–H groups in total. The van der Waals surface area contributed by atoms with Crippen LogP contribution in [0.2, 0.25) is 0 Å². The molecule has 0 fully saturated rings. The maximum atomic E-state index is 12.6. The molecule has 0 saturated carbocycles. The molecule has 0 radical (unpaired) electrons. The largest absolute Gasteiger partial charge is 0.268 e. The van der Waals surface area contributed by atoms with E-state index in [-0.39, 0.29) is 5.56 Å². The topological polar surface area (TPSA) is 63.2 Å². The fraction of sp³-hybridized carbons (Fsp3) is 0.300. The second kappa shape index (κ2) is 4.61. The SMILES string of the molecule is CC(C)S(=O)(=O)NC(=O)c1ccc(F)cc1. The Bertz CT molecular complexity index is 479. The summed E-state index contributed by atoms with van der Waals surface area (Å²) in [5.74, 6) is -1.24. The van der Waals surface area contributed by atoms with Gasteiger partial charge in [0.2, 0.25) is 10.0 Å². The summed E-state index contributed by atoms with van der Waals surface area (Å²) in [6, 6.07) is 4.63. The summed E-state index contributed by atoms with van der Waals surface area (Å²) in [6.45, 7) is 2.92. The molecule has 1 aromatic rings. The number of sulfonamides is 1. The van der Waals surface area contributed by atoms with Crippen LogP contribution in [0.25, 0.3) is 0 Å². The number of amides is 1. The fourth-order valence-electron chi connectivity index (χ4n) is 0.907. The maximum Gasteiger partial charge on any atom is 0.264 e. The first-order chi connectivity index (χ1) is 7.33. The quantitative estimate of drug-likeness (QED) is 0.872. The van der Waals surface area contributed by atoms with Gasteiger partial charge < -0.3 is 0 Å². The van der Waals surface area contributed by atoms with E-state index in [9.17, 15) is 17.6 Å². The van der Waals surface area contributed by atoms with Gasteiger partial charge in [0, 0.05) is 5.56 Å². The number of carbonyl (C=O) groups excluding carboxylic acids is 1. The fourth-order valence-corrected chi connectivity index (χ4v) is 1.52. The van der Waals surface area contributed by atoms with Crippen LogP contribution in [-0.4, -0.2) is 19.6 Å². The summed E-state index contributed by atoms with van der Waals surface area (Å²) in [6.07, 6.45) is 0. The van der Waals surface area contributed by atoms with Crippen molar-refractivity contribution in [3.05, 3.63) is 35.6 Å². The van der Waals surface area contributed by atoms with Crippen molar-refractivity contribution in [3.63, 3.8) is 0 Å². The van der Waals surface area contributed by atoms with E-state index >= 15 is 0 Å². The third kappa shape index (κ3) is 3.03. The average molecular weight is 245 g/mol. The van der Waals surface area contributed by atoms with E-state index in [0.717, 1.165) is 12.1 Å². The van der Waals surface area contributed by atoms with Crippen molar-refractivity contribution in [1.82, 2.24) is 4.72 Å². The Balaban J connectivity index is 2.85. The lowest BCUT2D eigenvalue weighted by molar-refractivity contribution is 0.0981. The first-order valence-corrected chi connectivity index (χ1v) is 6.19. The van der Waals surface area contributed by atoms with Crippen molar-refractivity contribution in [3.8, 4) is 0 Å². The second-order valence-electron chi connectivity index (χ2n) is 3.53. The number of rotatable bonds is 3. The Hall–Kier alpha value is -1.43. The zero-order valence-corrected chi connectivity index (χ0v) is 9.71. The highest BCUT2D eigenvalue weighted by Gasteiger charge is 2.19. The van der Waals surface area contributed by atoms with Gasteiger partial charge in [-0.05, 0) is 38.1 Å². The van der Waals surface area contributed by atoms with Crippen LogP contribution in [0.5, 0.6) is 0 Å². The molecule has 88 valence electrons. The van der Waals surface area contributed by atoms with Gasteiger partial charge >= 0.3 is 0 Å². The van der Waals surface area contributed by atoms with Gasteiger partial charge in [-0.25, -0.2) is 17.5 Å². The van der Waals surface area contributed by atoms with Crippen molar-refractivity contribution in [1.29, 1.82) is 0 Å². The van der Waals surface area contributed by atoms with Gasteiger partial charge in [-0.2, -0.15) is 0 Å². The third-order valence-corrected chi connectivity index (χ3v) is 3.67. The van der Waals surface area contributed by atoms with E-state index in [2.05, 4.69) is 0 Å². The van der Waals surface area contributed by atoms with Gasteiger partial charge in [-0.1, -0.05) is 0 Å². The number of hydrogen-bond acceptors (Lipinski definition) is 3. The normalized spacial score (nSPS) is 11.5. The standard InChI is InChI=1S/C10H12FNO3S/c1-7(2)16(14,15)12-10(13)8-3-5-9(11)6-4-8/h3-7H,1-2H3,(H,12,13). The number of carbonyl (C=O) groups is 1. The third-order valence-electron chi connectivity index (χ3n) is 1.96. The monoisotopic (exact) mass is 245 g/mol. The van der Waals surface area contributed by atoms with Crippen LogP contribution in [0.15, 0.2) is 24.3 Å². The van der Waals surface area contributed by atoms with Gasteiger partial charge in [0.25, 0.3) is 5.91 Å². The van der Waals surface area contributed by atoms with E-state index in [0.29, 0.717) is 0 Å². The highest BCUT2D eigenvalue weighted by molar-refractivity contribution is 7.90. The van der Waals surface area contributed by atoms with E-state index in [4.69, 9.17) is 0 Å². The molecule has 0 aromatic heterocycles. The van der Waals surface area contributed by atoms with Crippen LogP contribution >= 0.6 is 0 Å². The molecule has 0 aliphatic heterocycles. The predicted molar refractivity (Wildman–Crippen MR) is 57.9 cm³/mol. The minimum Gasteiger partial charge on any atom is -0.268 e. The summed E-state index contributed by atoms with van der Waals surface area (Å²) in [5, 5.41) is -0.697. The lowest BCUT2D eigenvalue weighted by atomic mass is 10.2. The first kappa shape index (κ1) is 12.6. The highest BCUT2D eigenvalue weighted by atomic mass is 32.2. The van der Waals surface area contributed by atoms with Gasteiger partial charge in [-0.3, -0.25) is 4.79 Å². The molecule has 0 saturated heterocycles. The molecule has 0 aliphatic rings. The Morgan fingerprint density at radius 1 is 1.25 bits per heavy atom. The van der Waals surface area contributed by atoms with Crippen LogP contribution < -0.4 is 4.72 Å². The summed E-state index contributed by atoms with van der Waals surface area (Å²) >= 11 is 0. The molecule has 0 atom stereocenters. The van der Waals surface area contributed by atoms with Crippen LogP contribution in [0.1, 0.15) is 24.2 Å². The number of halogens is 1. The molecule has 0 heterocycles. The zero-order chi connectivity index (χ0) is 12.3. The van der Waals surface area contributed by atoms with Gasteiger partial charge in [0.05, 0.1) is 5.25 Å². The summed E-state index contributed by atoms with van der Waals surface area (Å²) in [4.78, 5) is 11.5. The van der Waals surface area contributed by atoms with Gasteiger partial charge in [-0.15, -0.1) is 0 Å². The minimum atomic E-state index is -3.65. The summed E-state index contributed by atoms with van der Waals surface area (Å²) in [5.41, 5.74) is 0.102. The Kier molecular flexibility index (Phi) is 3.64. The maximum absolute atomic E-state index is 12.6. The lowest BCUT2D eigenvalue weighted by Gasteiger charge is -2.09. The molecular weight excluding hydrogens is 233 g/mol. The summed E-state index contributed by atoms with van der Waals surface area (Å²) in [7, 11) is -3.65. The van der Waals surface area contributed by atoms with E-state index in [1.54, 1.807) is 0 Å². The van der Waals surface area contributed by atoms with E-state index in [1.807, 2.05) is 4.72 Å². The molecule has 16 heavy (non-hydrogen) atoms. The van der Waals surface area contributed by atoms with Gasteiger partial charge in [0.1, 0.15) is 5.82 Å². The average Bonchev–Trinajstić information content (AvgIpc) is 2.17. The Morgan fingerprint density at radius 2 is 1.75 bits per heavy atom. The molecule has 1 rings (SSSR count). The molecular formula is C10H12FNO3S. The van der Waals surface area contributed by atoms with Crippen molar-refractivity contribution in [2.45, 2.75) is 19.1 Å². The highest BCUT2D eigenvalue weighted by Crippen LogP contribution is 2.04. The minimum absolute atomic E-state index is 0.102. The van der Waals surface area contributed by atoms with Crippen LogP contribution in [0.3, 0.4) is 0 Å². The molecule has 0 bridgehead atoms. The van der Waals surface area contributed by atoms with Crippen LogP contribution in [0.4, 0.5) is 4.39 Å². The van der Waals surface area contributed by atoms with Crippen molar-refractivity contribution in [2.24, 2.45) is 0 Å². The lowest BCUT2D eigenvalue weighted by Crippen LogP contribution is -2.35. The zero-order valence-electron chi connectivity index (χ0n) is 8.90. The van der Waals surface area contributed by atoms with E-state index < -0.39 is 27.0 Å². The van der Waals surface area contributed by atoms with Crippen molar-refractivity contribution < 1.29 is 17.6 Å². The van der Waals surface area contributed by atoms with Crippen LogP contribution in [0, 0.1) is 5.82 Å². The van der Waals surface area contributed by atoms with E-state index in [1.165, 1.54) is 26.0 Å². The number of benzene rings is 1. The second-order valence-corrected chi connectivity index (χ2v) is 5.77. The molecule has 6 heteroatoms. The molecule has 1 amide bonds. The number of hydrogen-bond donors (Lipinski definition) is 1. The first-order valence-electron chi connectivity index (χ1n) is 4.64. The van der Waals surface area contributed by atoms with Crippen molar-refractivity contribution >= 4 is 15.9 Å². The van der Waals surface area contributed by atoms with Crippen LogP contribution in [-0.2, 0) is 10.0 Å². The molecule has 0 spiro atoms. The number of nitrogens with one attached hydrogen (secondary N) is 1. The van der Waals surface area contributed by atoms with Gasteiger partial charge in [0.15, 0.2) is 0 Å². The molecule has 0 aliphatic carbocycles. The summed E-state index contributed by atoms with van der Waals surface area (Å²) < 4.78 is 37.2. The Labute approximate surface area is 93.5 Å². The molecule has 1 aromatic carbocycles. The Morgan fingerprint density at radius 3 is 2.19 bits per heavy atom. The van der Waals surface area contributed by atoms with Crippen molar-refractivity contribution in [2.75, 3.05) is 0 Å².